The second-order valence-electron chi connectivity index (χ2n) is 7.03. The lowest BCUT2D eigenvalue weighted by molar-refractivity contribution is -0.144. The van der Waals surface area contributed by atoms with Crippen LogP contribution in [-0.2, 0) is 26.2 Å². The Hall–Kier alpha value is -3.49. The van der Waals surface area contributed by atoms with Gasteiger partial charge in [0.15, 0.2) is 5.78 Å². The van der Waals surface area contributed by atoms with Gasteiger partial charge in [-0.15, -0.1) is 0 Å². The van der Waals surface area contributed by atoms with E-state index in [1.807, 2.05) is 30.3 Å². The van der Waals surface area contributed by atoms with E-state index in [0.29, 0.717) is 22.6 Å². The Bertz CT molecular complexity index is 1190. The first-order valence-electron chi connectivity index (χ1n) is 9.81. The van der Waals surface area contributed by atoms with Crippen LogP contribution in [0.25, 0.3) is 0 Å². The Morgan fingerprint density at radius 1 is 0.875 bits per heavy atom. The van der Waals surface area contributed by atoms with Crippen molar-refractivity contribution in [3.8, 4) is 11.5 Å². The number of esters is 1. The predicted molar refractivity (Wildman–Crippen MR) is 119 cm³/mol. The summed E-state index contributed by atoms with van der Waals surface area (Å²) in [6.45, 7) is 0.871. The second-order valence-corrected chi connectivity index (χ2v) is 9.07. The highest BCUT2D eigenvalue weighted by Crippen LogP contribution is 2.25. The van der Waals surface area contributed by atoms with Gasteiger partial charge in [0.05, 0.1) is 4.90 Å². The number of Topliss-reactive ketones (excluding diaryl/α,β-unsaturated/α-hetero) is 1. The molecule has 0 N–H and O–H groups in total. The van der Waals surface area contributed by atoms with Crippen LogP contribution in [0, 0.1) is 0 Å². The third kappa shape index (κ3) is 5.81. The van der Waals surface area contributed by atoms with E-state index in [1.165, 1.54) is 38.2 Å². The Labute approximate surface area is 187 Å². The van der Waals surface area contributed by atoms with Crippen LogP contribution >= 0.6 is 0 Å². The molecule has 32 heavy (non-hydrogen) atoms. The average Bonchev–Trinajstić information content (AvgIpc) is 2.79. The van der Waals surface area contributed by atoms with Crippen LogP contribution in [0.1, 0.15) is 22.8 Å². The molecular formula is C24H23NO6S. The summed E-state index contributed by atoms with van der Waals surface area (Å²) in [5.74, 6) is 0.319. The molecule has 0 unspecified atom stereocenters. The quantitative estimate of drug-likeness (QED) is 0.359. The molecule has 0 atom stereocenters. The van der Waals surface area contributed by atoms with Gasteiger partial charge in [0.2, 0.25) is 10.0 Å². The first kappa shape index (κ1) is 23.2. The van der Waals surface area contributed by atoms with E-state index >= 15 is 0 Å². The zero-order valence-corrected chi connectivity index (χ0v) is 18.5. The molecule has 3 rings (SSSR count). The van der Waals surface area contributed by atoms with Gasteiger partial charge < -0.3 is 9.47 Å². The van der Waals surface area contributed by atoms with Crippen molar-refractivity contribution in [3.63, 3.8) is 0 Å². The molecule has 0 heterocycles. The molecule has 166 valence electrons. The maximum absolute atomic E-state index is 12.7. The van der Waals surface area contributed by atoms with E-state index in [4.69, 9.17) is 9.47 Å². The summed E-state index contributed by atoms with van der Waals surface area (Å²) in [4.78, 5) is 23.7. The summed E-state index contributed by atoms with van der Waals surface area (Å²) >= 11 is 0. The molecule has 0 bridgehead atoms. The zero-order chi connectivity index (χ0) is 23.1. The number of carbonyl (C=O) groups is 2. The van der Waals surface area contributed by atoms with E-state index in [9.17, 15) is 18.0 Å². The van der Waals surface area contributed by atoms with Gasteiger partial charge in [0.25, 0.3) is 0 Å². The van der Waals surface area contributed by atoms with Crippen molar-refractivity contribution >= 4 is 21.8 Å². The number of sulfonamides is 1. The lowest BCUT2D eigenvalue weighted by atomic mass is 10.2. The molecule has 0 fully saturated rings. The lowest BCUT2D eigenvalue weighted by Crippen LogP contribution is -2.33. The van der Waals surface area contributed by atoms with Crippen LogP contribution in [0.15, 0.2) is 83.8 Å². The Balaban J connectivity index is 1.62. The fourth-order valence-corrected chi connectivity index (χ4v) is 3.97. The molecule has 0 saturated heterocycles. The van der Waals surface area contributed by atoms with E-state index in [0.717, 1.165) is 4.31 Å². The second kappa shape index (κ2) is 10.2. The van der Waals surface area contributed by atoms with E-state index in [1.54, 1.807) is 24.3 Å². The predicted octanol–water partition coefficient (Wildman–Crippen LogP) is 4.05. The van der Waals surface area contributed by atoms with Gasteiger partial charge in [0, 0.05) is 18.2 Å². The van der Waals surface area contributed by atoms with Gasteiger partial charge in [-0.2, -0.15) is 4.31 Å². The van der Waals surface area contributed by atoms with Crippen molar-refractivity contribution in [3.05, 3.63) is 90.0 Å². The third-order valence-corrected chi connectivity index (χ3v) is 6.47. The molecule has 0 aliphatic heterocycles. The molecular weight excluding hydrogens is 430 g/mol. The van der Waals surface area contributed by atoms with Gasteiger partial charge >= 0.3 is 5.97 Å². The number of likely N-dealkylation sites (N-methyl/N-ethyl adjacent to an activating group) is 1. The van der Waals surface area contributed by atoms with Gasteiger partial charge in [0.1, 0.15) is 24.7 Å². The zero-order valence-electron chi connectivity index (χ0n) is 17.7. The van der Waals surface area contributed by atoms with Crippen LogP contribution in [0.3, 0.4) is 0 Å². The number of hydrogen-bond donors (Lipinski definition) is 0. The van der Waals surface area contributed by atoms with Gasteiger partial charge in [-0.1, -0.05) is 48.5 Å². The molecule has 0 aliphatic carbocycles. The largest absolute Gasteiger partial charge is 0.460 e. The van der Waals surface area contributed by atoms with Crippen LogP contribution < -0.4 is 4.74 Å². The minimum atomic E-state index is -3.91. The molecule has 0 saturated carbocycles. The number of ketones is 1. The number of carbonyl (C=O) groups excluding carboxylic acids is 2. The molecule has 0 aliphatic rings. The van der Waals surface area contributed by atoms with Crippen LogP contribution in [0.4, 0.5) is 0 Å². The summed E-state index contributed by atoms with van der Waals surface area (Å²) < 4.78 is 37.4. The Morgan fingerprint density at radius 3 is 2.16 bits per heavy atom. The fourth-order valence-electron chi connectivity index (χ4n) is 2.85. The maximum Gasteiger partial charge on any atom is 0.321 e. The highest BCUT2D eigenvalue weighted by Gasteiger charge is 2.24. The smallest absolute Gasteiger partial charge is 0.321 e. The molecule has 0 amide bonds. The van der Waals surface area contributed by atoms with Gasteiger partial charge in [-0.25, -0.2) is 8.42 Å². The number of hydrogen-bond acceptors (Lipinski definition) is 6. The summed E-state index contributed by atoms with van der Waals surface area (Å²) in [6.07, 6.45) is 0. The number of nitrogens with zero attached hydrogens (tertiary/aromatic N) is 1. The van der Waals surface area contributed by atoms with Gasteiger partial charge in [-0.3, -0.25) is 9.59 Å². The summed E-state index contributed by atoms with van der Waals surface area (Å²) in [7, 11) is -2.62. The van der Waals surface area contributed by atoms with E-state index in [2.05, 4.69) is 0 Å². The van der Waals surface area contributed by atoms with Crippen molar-refractivity contribution in [1.82, 2.24) is 4.31 Å². The number of benzene rings is 3. The average molecular weight is 454 g/mol. The topological polar surface area (TPSA) is 90.0 Å². The van der Waals surface area contributed by atoms with Crippen molar-refractivity contribution in [2.45, 2.75) is 18.4 Å². The third-order valence-electron chi connectivity index (χ3n) is 4.65. The maximum atomic E-state index is 12.7. The molecule has 0 aromatic heterocycles. The molecule has 3 aromatic carbocycles. The van der Waals surface area contributed by atoms with Crippen molar-refractivity contribution < 1.29 is 27.5 Å². The summed E-state index contributed by atoms with van der Waals surface area (Å²) in [5.41, 5.74) is 1.05. The van der Waals surface area contributed by atoms with Crippen LogP contribution in [0.2, 0.25) is 0 Å². The Morgan fingerprint density at radius 2 is 1.50 bits per heavy atom. The van der Waals surface area contributed by atoms with E-state index < -0.39 is 22.5 Å². The molecule has 0 radical (unpaired) electrons. The first-order valence-corrected chi connectivity index (χ1v) is 11.2. The SMILES string of the molecule is CC(=O)c1ccc(S(=O)(=O)N(C)CC(=O)OCc2ccccc2Oc2ccccc2)cc1. The molecule has 3 aromatic rings. The number of rotatable bonds is 9. The summed E-state index contributed by atoms with van der Waals surface area (Å²) in [6, 6.07) is 21.9. The van der Waals surface area contributed by atoms with Crippen molar-refractivity contribution in [1.29, 1.82) is 0 Å². The molecule has 7 nitrogen and oxygen atoms in total. The van der Waals surface area contributed by atoms with E-state index in [-0.39, 0.29) is 17.3 Å². The molecule has 8 heteroatoms. The molecule has 0 spiro atoms. The summed E-state index contributed by atoms with van der Waals surface area (Å²) in [5, 5.41) is 0. The number of ether oxygens (including phenoxy) is 2. The highest BCUT2D eigenvalue weighted by atomic mass is 32.2. The number of para-hydroxylation sites is 2. The van der Waals surface area contributed by atoms with Crippen molar-refractivity contribution in [2.24, 2.45) is 0 Å². The monoisotopic (exact) mass is 453 g/mol. The lowest BCUT2D eigenvalue weighted by Gasteiger charge is -2.17. The standard InChI is InChI=1S/C24H23NO6S/c1-18(26)19-12-14-22(15-13-19)32(28,29)25(2)16-24(27)30-17-20-8-6-7-11-23(20)31-21-9-4-3-5-10-21/h3-15H,16-17H2,1-2H3. The first-order chi connectivity index (χ1) is 15.3. The van der Waals surface area contributed by atoms with Crippen LogP contribution in [0.5, 0.6) is 11.5 Å². The fraction of sp³-hybridized carbons (Fsp3) is 0.167. The van der Waals surface area contributed by atoms with Gasteiger partial charge in [-0.05, 0) is 37.3 Å². The normalized spacial score (nSPS) is 11.2. The minimum absolute atomic E-state index is 0.0144. The van der Waals surface area contributed by atoms with Crippen LogP contribution in [-0.4, -0.2) is 38.1 Å². The van der Waals surface area contributed by atoms with Crippen molar-refractivity contribution in [2.75, 3.05) is 13.6 Å². The highest BCUT2D eigenvalue weighted by molar-refractivity contribution is 7.89. The Kier molecular flexibility index (Phi) is 7.40. The minimum Gasteiger partial charge on any atom is -0.460 e.